The molecule has 0 fully saturated rings. The maximum Gasteiger partial charge on any atom is 0.0879 e. The fraction of sp³-hybridized carbons (Fsp3) is 0.133. The molecule has 8 bridgehead atoms. The molecule has 0 aliphatic carbocycles. The van der Waals surface area contributed by atoms with Gasteiger partial charge < -0.3 is 0 Å². The topological polar surface area (TPSA) is 49.4 Å². The molecule has 6 rings (SSSR count). The van der Waals surface area contributed by atoms with Gasteiger partial charge in [0, 0.05) is 5.57 Å². The van der Waals surface area contributed by atoms with E-state index in [1.54, 1.807) is 0 Å². The zero-order chi connectivity index (χ0) is 25.0. The lowest BCUT2D eigenvalue weighted by molar-refractivity contribution is 0.590. The molecule has 0 N–H and O–H groups in total. The highest BCUT2D eigenvalue weighted by molar-refractivity contribution is 9.12. The van der Waals surface area contributed by atoms with E-state index in [9.17, 15) is 0 Å². The molecule has 5 aliphatic rings. The quantitative estimate of drug-likeness (QED) is 0.316. The normalized spacial score (nSPS) is 20.4. The lowest BCUT2D eigenvalue weighted by atomic mass is 9.86. The third-order valence-electron chi connectivity index (χ3n) is 6.31. The molecule has 4 nitrogen and oxygen atoms in total. The third-order valence-corrected chi connectivity index (χ3v) is 7.90. The van der Waals surface area contributed by atoms with E-state index < -0.39 is 0 Å². The second-order valence-electron chi connectivity index (χ2n) is 9.95. The molecular weight excluding hydrogens is 576 g/mol. The van der Waals surface area contributed by atoms with Crippen molar-refractivity contribution < 1.29 is 0 Å². The van der Waals surface area contributed by atoms with Crippen molar-refractivity contribution in [1.29, 1.82) is 0 Å². The number of rotatable bonds is 1. The fourth-order valence-corrected chi connectivity index (χ4v) is 5.31. The van der Waals surface area contributed by atoms with Crippen LogP contribution in [0, 0.1) is 0 Å². The van der Waals surface area contributed by atoms with Crippen LogP contribution in [0.5, 0.6) is 0 Å². The molecule has 5 heterocycles. The summed E-state index contributed by atoms with van der Waals surface area (Å²) in [5, 5.41) is 0. The first-order valence-electron chi connectivity index (χ1n) is 11.7. The zero-order valence-electron chi connectivity index (χ0n) is 20.1. The van der Waals surface area contributed by atoms with Crippen molar-refractivity contribution in [1.82, 2.24) is 0 Å². The molecule has 1 aromatic rings. The summed E-state index contributed by atoms with van der Waals surface area (Å²) >= 11 is 7.51. The predicted molar refractivity (Wildman–Crippen MR) is 158 cm³/mol. The molecular formula is C30H22Br2N4. The Morgan fingerprint density at radius 3 is 1.92 bits per heavy atom. The maximum absolute atomic E-state index is 5.01. The van der Waals surface area contributed by atoms with Gasteiger partial charge in [-0.1, -0.05) is 45.0 Å². The molecule has 0 saturated heterocycles. The summed E-state index contributed by atoms with van der Waals surface area (Å²) in [4.78, 5) is 19.4. The van der Waals surface area contributed by atoms with E-state index in [-0.39, 0.29) is 5.41 Å². The number of allylic oxidation sites excluding steroid dienone is 12. The van der Waals surface area contributed by atoms with Crippen LogP contribution in [0.1, 0.15) is 31.9 Å². The van der Waals surface area contributed by atoms with Crippen LogP contribution in [-0.2, 0) is 5.41 Å². The SMILES string of the molecule is CC(C)(C)c1ccc(C2=CC3=CC4=NC(=C(Br)C5=NC(=CC6=NC(=C(Br)C2=N3)C=C6)C=C5)C=C4)cc1. The Morgan fingerprint density at radius 1 is 0.611 bits per heavy atom. The molecule has 0 unspecified atom stereocenters. The monoisotopic (exact) mass is 596 g/mol. The number of benzene rings is 1. The van der Waals surface area contributed by atoms with Gasteiger partial charge in [-0.05, 0) is 103 Å². The average Bonchev–Trinajstić information content (AvgIpc) is 3.65. The molecule has 5 aliphatic heterocycles. The lowest BCUT2D eigenvalue weighted by Crippen LogP contribution is -2.11. The molecule has 0 spiro atoms. The van der Waals surface area contributed by atoms with Crippen LogP contribution >= 0.6 is 31.9 Å². The van der Waals surface area contributed by atoms with E-state index in [0.717, 1.165) is 65.7 Å². The van der Waals surface area contributed by atoms with Crippen molar-refractivity contribution in [3.05, 3.63) is 122 Å². The smallest absolute Gasteiger partial charge is 0.0879 e. The van der Waals surface area contributed by atoms with Crippen LogP contribution in [0.3, 0.4) is 0 Å². The van der Waals surface area contributed by atoms with Gasteiger partial charge in [0.15, 0.2) is 0 Å². The number of hydrogen-bond donors (Lipinski definition) is 0. The van der Waals surface area contributed by atoms with Crippen molar-refractivity contribution in [2.75, 3.05) is 0 Å². The number of halogens is 2. The third kappa shape index (κ3) is 4.29. The van der Waals surface area contributed by atoms with Gasteiger partial charge in [-0.15, -0.1) is 0 Å². The molecule has 0 radical (unpaired) electrons. The Balaban J connectivity index is 1.51. The zero-order valence-corrected chi connectivity index (χ0v) is 23.2. The average molecular weight is 598 g/mol. The number of aliphatic imine (C=N–C) groups is 4. The molecule has 0 amide bonds. The summed E-state index contributed by atoms with van der Waals surface area (Å²) in [5.41, 5.74) is 10.3. The largest absolute Gasteiger partial charge is 0.248 e. The van der Waals surface area contributed by atoms with Crippen LogP contribution in [0.15, 0.2) is 131 Å². The highest BCUT2D eigenvalue weighted by Crippen LogP contribution is 2.36. The van der Waals surface area contributed by atoms with Gasteiger partial charge in [-0.2, -0.15) is 0 Å². The fourth-order valence-electron chi connectivity index (χ4n) is 4.35. The summed E-state index contributed by atoms with van der Waals surface area (Å²) in [6, 6.07) is 8.75. The van der Waals surface area contributed by atoms with E-state index >= 15 is 0 Å². The lowest BCUT2D eigenvalue weighted by Gasteiger charge is -2.19. The Morgan fingerprint density at radius 2 is 1.25 bits per heavy atom. The first-order chi connectivity index (χ1) is 17.2. The Bertz CT molecular complexity index is 1590. The maximum atomic E-state index is 5.01. The molecule has 6 heteroatoms. The van der Waals surface area contributed by atoms with E-state index in [4.69, 9.17) is 20.0 Å². The molecule has 176 valence electrons. The van der Waals surface area contributed by atoms with E-state index in [1.807, 2.05) is 48.6 Å². The number of fused-ring (bicyclic) bond motifs is 4. The van der Waals surface area contributed by atoms with Gasteiger partial charge in [0.2, 0.25) is 0 Å². The second-order valence-corrected chi connectivity index (χ2v) is 11.5. The van der Waals surface area contributed by atoms with Gasteiger partial charge >= 0.3 is 0 Å². The van der Waals surface area contributed by atoms with E-state index in [1.165, 1.54) is 5.56 Å². The highest BCUT2D eigenvalue weighted by atomic mass is 79.9. The summed E-state index contributed by atoms with van der Waals surface area (Å²) in [6.07, 6.45) is 18.1. The van der Waals surface area contributed by atoms with Crippen molar-refractivity contribution in [3.63, 3.8) is 0 Å². The first-order valence-corrected chi connectivity index (χ1v) is 13.3. The minimum Gasteiger partial charge on any atom is -0.248 e. The highest BCUT2D eigenvalue weighted by Gasteiger charge is 2.24. The molecule has 36 heavy (non-hydrogen) atoms. The summed E-state index contributed by atoms with van der Waals surface area (Å²) in [6.45, 7) is 6.68. The number of nitrogens with zero attached hydrogens (tertiary/aromatic N) is 4. The summed E-state index contributed by atoms with van der Waals surface area (Å²) in [7, 11) is 0. The molecule has 1 aromatic carbocycles. The van der Waals surface area contributed by atoms with Crippen molar-refractivity contribution in [2.45, 2.75) is 26.2 Å². The van der Waals surface area contributed by atoms with Crippen LogP contribution in [0.25, 0.3) is 5.57 Å². The van der Waals surface area contributed by atoms with Crippen LogP contribution < -0.4 is 0 Å². The van der Waals surface area contributed by atoms with Crippen LogP contribution in [-0.4, -0.2) is 22.8 Å². The standard InChI is InChI=1S/C30H22Br2N4/c1-30(2,3)18-6-4-17(5-7-18)23-16-22-15-21-9-12-25(34-21)27(31)24-11-8-19(33-24)14-20-10-13-26(35-20)28(32)29(23)36-22/h4-16H,1-3H3. The minimum atomic E-state index is 0.0940. The minimum absolute atomic E-state index is 0.0940. The Hall–Kier alpha value is -3.22. The molecule has 0 aromatic heterocycles. The summed E-state index contributed by atoms with van der Waals surface area (Å²) in [5.74, 6) is 0. The number of hydrogen-bond acceptors (Lipinski definition) is 4. The summed E-state index contributed by atoms with van der Waals surface area (Å²) < 4.78 is 1.71. The van der Waals surface area contributed by atoms with Gasteiger partial charge in [-0.25, -0.2) is 20.0 Å². The van der Waals surface area contributed by atoms with E-state index in [2.05, 4.69) is 83.0 Å². The van der Waals surface area contributed by atoms with Gasteiger partial charge in [0.05, 0.1) is 54.6 Å². The van der Waals surface area contributed by atoms with E-state index in [0.29, 0.717) is 0 Å². The first kappa shape index (κ1) is 23.2. The van der Waals surface area contributed by atoms with Crippen molar-refractivity contribution in [3.8, 4) is 0 Å². The van der Waals surface area contributed by atoms with Crippen LogP contribution in [0.2, 0.25) is 0 Å². The van der Waals surface area contributed by atoms with Gasteiger partial charge in [-0.3, -0.25) is 0 Å². The molecule has 0 saturated carbocycles. The Labute approximate surface area is 227 Å². The van der Waals surface area contributed by atoms with Crippen molar-refractivity contribution >= 4 is 60.3 Å². The molecule has 0 atom stereocenters. The Kier molecular flexibility index (Phi) is 5.61. The van der Waals surface area contributed by atoms with Gasteiger partial charge in [0.25, 0.3) is 0 Å². The van der Waals surface area contributed by atoms with Gasteiger partial charge in [0.1, 0.15) is 0 Å². The second kappa shape index (κ2) is 8.71. The van der Waals surface area contributed by atoms with Crippen molar-refractivity contribution in [2.24, 2.45) is 20.0 Å². The van der Waals surface area contributed by atoms with Crippen LogP contribution in [0.4, 0.5) is 0 Å². The predicted octanol–water partition coefficient (Wildman–Crippen LogP) is 7.85.